The van der Waals surface area contributed by atoms with E-state index in [1.165, 1.54) is 29.5 Å². The molecule has 0 saturated heterocycles. The Bertz CT molecular complexity index is 532. The van der Waals surface area contributed by atoms with Gasteiger partial charge in [0.25, 0.3) is 0 Å². The minimum absolute atomic E-state index is 0.491. The van der Waals surface area contributed by atoms with Crippen LogP contribution in [0.2, 0.25) is 0 Å². The van der Waals surface area contributed by atoms with Crippen LogP contribution in [0.15, 0.2) is 54.6 Å². The highest BCUT2D eigenvalue weighted by atomic mass is 14.9. The van der Waals surface area contributed by atoms with Crippen LogP contribution < -0.4 is 5.32 Å². The van der Waals surface area contributed by atoms with Gasteiger partial charge in [0.05, 0.1) is 0 Å². The molecule has 98 valence electrons. The van der Waals surface area contributed by atoms with E-state index in [4.69, 9.17) is 0 Å². The second kappa shape index (κ2) is 5.58. The van der Waals surface area contributed by atoms with Gasteiger partial charge in [-0.05, 0) is 35.4 Å². The molecule has 0 aromatic heterocycles. The molecule has 2 aromatic rings. The third kappa shape index (κ3) is 2.71. The number of hydrogen-bond donors (Lipinski definition) is 1. The fourth-order valence-corrected chi connectivity index (χ4v) is 3.06. The van der Waals surface area contributed by atoms with Gasteiger partial charge in [-0.3, -0.25) is 0 Å². The van der Waals surface area contributed by atoms with Crippen LogP contribution >= 0.6 is 0 Å². The lowest BCUT2D eigenvalue weighted by Gasteiger charge is -2.32. The summed E-state index contributed by atoms with van der Waals surface area (Å²) in [5, 5.41) is 3.74. The average Bonchev–Trinajstić information content (AvgIpc) is 2.47. The highest BCUT2D eigenvalue weighted by molar-refractivity contribution is 5.33. The normalized spacial score (nSPS) is 21.9. The highest BCUT2D eigenvalue weighted by Crippen LogP contribution is 2.34. The third-order valence-electron chi connectivity index (χ3n) is 4.20. The van der Waals surface area contributed by atoms with E-state index in [1.807, 2.05) is 0 Å². The Balaban J connectivity index is 1.77. The van der Waals surface area contributed by atoms with Crippen molar-refractivity contribution in [3.63, 3.8) is 0 Å². The molecule has 3 rings (SSSR count). The quantitative estimate of drug-likeness (QED) is 0.866. The molecule has 2 aromatic carbocycles. The number of aryl methyl sites for hydroxylation is 1. The number of nitrogens with one attached hydrogen (secondary N) is 1. The molecular formula is C18H21N. The molecule has 0 saturated carbocycles. The molecule has 0 spiro atoms. The van der Waals surface area contributed by atoms with Crippen molar-refractivity contribution >= 4 is 0 Å². The van der Waals surface area contributed by atoms with Crippen LogP contribution in [0.4, 0.5) is 0 Å². The standard InChI is InChI=1S/C18H21N/c1-14-11-12-16-9-5-6-10-17(16)18(14)19-13-15-7-3-2-4-8-15/h2-10,14,18-19H,11-13H2,1H3/t14-,18-/m0/s1. The number of rotatable bonds is 3. The molecule has 1 N–H and O–H groups in total. The summed E-state index contributed by atoms with van der Waals surface area (Å²) in [4.78, 5) is 0. The zero-order valence-electron chi connectivity index (χ0n) is 11.5. The Morgan fingerprint density at radius 3 is 2.58 bits per heavy atom. The van der Waals surface area contributed by atoms with E-state index in [0.29, 0.717) is 12.0 Å². The summed E-state index contributed by atoms with van der Waals surface area (Å²) in [6.07, 6.45) is 2.50. The van der Waals surface area contributed by atoms with Crippen LogP contribution in [0, 0.1) is 5.92 Å². The van der Waals surface area contributed by atoms with E-state index >= 15 is 0 Å². The van der Waals surface area contributed by atoms with Gasteiger partial charge < -0.3 is 5.32 Å². The van der Waals surface area contributed by atoms with Crippen LogP contribution in [0.3, 0.4) is 0 Å². The van der Waals surface area contributed by atoms with Gasteiger partial charge in [0, 0.05) is 12.6 Å². The maximum Gasteiger partial charge on any atom is 0.0351 e. The summed E-state index contributed by atoms with van der Waals surface area (Å²) in [6.45, 7) is 3.31. The van der Waals surface area contributed by atoms with Crippen molar-refractivity contribution in [3.8, 4) is 0 Å². The third-order valence-corrected chi connectivity index (χ3v) is 4.20. The van der Waals surface area contributed by atoms with Crippen molar-refractivity contribution in [3.05, 3.63) is 71.3 Å². The SMILES string of the molecule is C[C@H]1CCc2ccccc2[C@H]1NCc1ccccc1. The Labute approximate surface area is 115 Å². The molecule has 0 heterocycles. The van der Waals surface area contributed by atoms with Crippen molar-refractivity contribution in [1.82, 2.24) is 5.32 Å². The number of benzene rings is 2. The smallest absolute Gasteiger partial charge is 0.0351 e. The van der Waals surface area contributed by atoms with Gasteiger partial charge >= 0.3 is 0 Å². The van der Waals surface area contributed by atoms with Gasteiger partial charge in [0.15, 0.2) is 0 Å². The Hall–Kier alpha value is -1.60. The van der Waals surface area contributed by atoms with E-state index in [0.717, 1.165) is 6.54 Å². The first kappa shape index (κ1) is 12.4. The lowest BCUT2D eigenvalue weighted by Crippen LogP contribution is -2.30. The van der Waals surface area contributed by atoms with E-state index in [9.17, 15) is 0 Å². The molecule has 1 aliphatic rings. The second-order valence-electron chi connectivity index (χ2n) is 5.56. The molecule has 0 radical (unpaired) electrons. The molecule has 0 unspecified atom stereocenters. The molecule has 0 aliphatic heterocycles. The van der Waals surface area contributed by atoms with Crippen LogP contribution in [0.1, 0.15) is 36.1 Å². The topological polar surface area (TPSA) is 12.0 Å². The summed E-state index contributed by atoms with van der Waals surface area (Å²) in [7, 11) is 0. The van der Waals surface area contributed by atoms with Gasteiger partial charge in [-0.15, -0.1) is 0 Å². The van der Waals surface area contributed by atoms with E-state index in [2.05, 4.69) is 66.8 Å². The first-order chi connectivity index (χ1) is 9.34. The largest absolute Gasteiger partial charge is 0.306 e. The van der Waals surface area contributed by atoms with Crippen molar-refractivity contribution in [2.75, 3.05) is 0 Å². The summed E-state index contributed by atoms with van der Waals surface area (Å²) < 4.78 is 0. The molecular weight excluding hydrogens is 230 g/mol. The zero-order chi connectivity index (χ0) is 13.1. The predicted octanol–water partition coefficient (Wildman–Crippen LogP) is 4.10. The predicted molar refractivity (Wildman–Crippen MR) is 79.9 cm³/mol. The molecule has 1 heteroatoms. The van der Waals surface area contributed by atoms with Gasteiger partial charge in [-0.2, -0.15) is 0 Å². The van der Waals surface area contributed by atoms with Gasteiger partial charge in [-0.25, -0.2) is 0 Å². The monoisotopic (exact) mass is 251 g/mol. The number of fused-ring (bicyclic) bond motifs is 1. The van der Waals surface area contributed by atoms with E-state index < -0.39 is 0 Å². The van der Waals surface area contributed by atoms with Gasteiger partial charge in [0.1, 0.15) is 0 Å². The fraction of sp³-hybridized carbons (Fsp3) is 0.333. The fourth-order valence-electron chi connectivity index (χ4n) is 3.06. The maximum absolute atomic E-state index is 3.74. The Kier molecular flexibility index (Phi) is 3.65. The van der Waals surface area contributed by atoms with E-state index in [-0.39, 0.29) is 0 Å². The summed E-state index contributed by atoms with van der Waals surface area (Å²) in [5.41, 5.74) is 4.38. The second-order valence-corrected chi connectivity index (χ2v) is 5.56. The van der Waals surface area contributed by atoms with Crippen molar-refractivity contribution in [2.45, 2.75) is 32.4 Å². The average molecular weight is 251 g/mol. The van der Waals surface area contributed by atoms with Crippen LogP contribution in [0.5, 0.6) is 0 Å². The molecule has 0 fully saturated rings. The van der Waals surface area contributed by atoms with Gasteiger partial charge in [-0.1, -0.05) is 61.5 Å². The molecule has 0 amide bonds. The Morgan fingerprint density at radius 2 is 1.74 bits per heavy atom. The molecule has 2 atom stereocenters. The van der Waals surface area contributed by atoms with Gasteiger partial charge in [0.2, 0.25) is 0 Å². The summed E-state index contributed by atoms with van der Waals surface area (Å²) in [5.74, 6) is 0.707. The number of hydrogen-bond acceptors (Lipinski definition) is 1. The molecule has 1 nitrogen and oxygen atoms in total. The van der Waals surface area contributed by atoms with Crippen molar-refractivity contribution in [2.24, 2.45) is 5.92 Å². The minimum Gasteiger partial charge on any atom is -0.306 e. The molecule has 0 bridgehead atoms. The van der Waals surface area contributed by atoms with Crippen molar-refractivity contribution in [1.29, 1.82) is 0 Å². The Morgan fingerprint density at radius 1 is 1.00 bits per heavy atom. The van der Waals surface area contributed by atoms with Crippen LogP contribution in [-0.2, 0) is 13.0 Å². The lowest BCUT2D eigenvalue weighted by molar-refractivity contribution is 0.343. The summed E-state index contributed by atoms with van der Waals surface area (Å²) in [6, 6.07) is 20.0. The minimum atomic E-state index is 0.491. The zero-order valence-corrected chi connectivity index (χ0v) is 11.5. The lowest BCUT2D eigenvalue weighted by atomic mass is 9.80. The van der Waals surface area contributed by atoms with Crippen molar-refractivity contribution < 1.29 is 0 Å². The first-order valence-electron chi connectivity index (χ1n) is 7.19. The van der Waals surface area contributed by atoms with Crippen LogP contribution in [-0.4, -0.2) is 0 Å². The maximum atomic E-state index is 3.74. The van der Waals surface area contributed by atoms with Crippen LogP contribution in [0.25, 0.3) is 0 Å². The van der Waals surface area contributed by atoms with E-state index in [1.54, 1.807) is 0 Å². The first-order valence-corrected chi connectivity index (χ1v) is 7.19. The summed E-state index contributed by atoms with van der Waals surface area (Å²) >= 11 is 0. The molecule has 1 aliphatic carbocycles. The highest BCUT2D eigenvalue weighted by Gasteiger charge is 2.25. The molecule has 19 heavy (non-hydrogen) atoms.